The minimum Gasteiger partial charge on any atom is -0.381 e. The first-order valence-electron chi connectivity index (χ1n) is 1.96. The molecule has 1 N–H and O–H groups in total. The molecule has 1 aliphatic heterocycles. The average Bonchev–Trinajstić information content (AvgIpc) is 1.69. The molecule has 2 nitrogen and oxygen atoms in total. The van der Waals surface area contributed by atoms with Crippen molar-refractivity contribution < 1.29 is 4.79 Å². The molecule has 0 saturated heterocycles. The van der Waals surface area contributed by atoms with Crippen LogP contribution in [-0.2, 0) is 4.79 Å². The van der Waals surface area contributed by atoms with Crippen LogP contribution in [0.25, 0.3) is 0 Å². The number of hydrogen-bond donors (Lipinski definition) is 1. The van der Waals surface area contributed by atoms with Gasteiger partial charge in [0, 0.05) is 12.3 Å². The van der Waals surface area contributed by atoms with E-state index < -0.39 is 0 Å². The Morgan fingerprint density at radius 1 is 1.75 bits per heavy atom. The number of carbonyl (C=O) groups is 1. The Hall–Kier alpha value is -0.150. The van der Waals surface area contributed by atoms with Crippen molar-refractivity contribution in [3.8, 4) is 0 Å². The fourth-order valence-corrected chi connectivity index (χ4v) is 0.822. The first kappa shape index (κ1) is 7.85. The SMILES string of the molecule is Cl.O=C1C=CNCS1. The fraction of sp³-hybridized carbons (Fsp3) is 0.250. The average molecular weight is 152 g/mol. The predicted molar refractivity (Wildman–Crippen MR) is 37.0 cm³/mol. The Kier molecular flexibility index (Phi) is 3.73. The molecule has 0 aromatic heterocycles. The van der Waals surface area contributed by atoms with Crippen molar-refractivity contribution >= 4 is 29.3 Å². The van der Waals surface area contributed by atoms with Crippen LogP contribution in [0.2, 0.25) is 0 Å². The molecule has 0 aromatic rings. The van der Waals surface area contributed by atoms with Gasteiger partial charge in [0.25, 0.3) is 0 Å². The molecule has 0 aromatic carbocycles. The van der Waals surface area contributed by atoms with Gasteiger partial charge in [0.05, 0.1) is 5.88 Å². The standard InChI is InChI=1S/C4H5NOS.ClH/c6-4-1-2-5-3-7-4;/h1-2,5H,3H2;1H. The van der Waals surface area contributed by atoms with E-state index in [4.69, 9.17) is 0 Å². The van der Waals surface area contributed by atoms with Gasteiger partial charge in [0.1, 0.15) is 0 Å². The largest absolute Gasteiger partial charge is 0.381 e. The van der Waals surface area contributed by atoms with Gasteiger partial charge in [-0.05, 0) is 0 Å². The summed E-state index contributed by atoms with van der Waals surface area (Å²) in [6.45, 7) is 0. The monoisotopic (exact) mass is 151 g/mol. The smallest absolute Gasteiger partial charge is 0.215 e. The minimum absolute atomic E-state index is 0. The van der Waals surface area contributed by atoms with E-state index in [0.717, 1.165) is 5.88 Å². The van der Waals surface area contributed by atoms with E-state index in [0.29, 0.717) is 0 Å². The number of rotatable bonds is 0. The van der Waals surface area contributed by atoms with Crippen LogP contribution >= 0.6 is 24.2 Å². The zero-order chi connectivity index (χ0) is 5.11. The third-order valence-electron chi connectivity index (χ3n) is 0.635. The van der Waals surface area contributed by atoms with Crippen molar-refractivity contribution in [1.29, 1.82) is 0 Å². The Balaban J connectivity index is 0.000000490. The summed E-state index contributed by atoms with van der Waals surface area (Å²) in [6.07, 6.45) is 3.19. The lowest BCUT2D eigenvalue weighted by atomic mass is 10.7. The van der Waals surface area contributed by atoms with E-state index in [1.807, 2.05) is 0 Å². The van der Waals surface area contributed by atoms with E-state index in [1.54, 1.807) is 6.20 Å². The highest BCUT2D eigenvalue weighted by atomic mass is 35.5. The van der Waals surface area contributed by atoms with Crippen LogP contribution in [0.3, 0.4) is 0 Å². The van der Waals surface area contributed by atoms with Gasteiger partial charge in [-0.2, -0.15) is 0 Å². The quantitative estimate of drug-likeness (QED) is 0.554. The molecule has 0 radical (unpaired) electrons. The molecule has 0 atom stereocenters. The molecule has 4 heteroatoms. The lowest BCUT2D eigenvalue weighted by Crippen LogP contribution is -2.10. The molecule has 0 spiro atoms. The van der Waals surface area contributed by atoms with Crippen LogP contribution in [0.15, 0.2) is 12.3 Å². The molecule has 0 fully saturated rings. The van der Waals surface area contributed by atoms with Gasteiger partial charge >= 0.3 is 0 Å². The lowest BCUT2D eigenvalue weighted by molar-refractivity contribution is -0.107. The van der Waals surface area contributed by atoms with Crippen molar-refractivity contribution in [2.45, 2.75) is 0 Å². The van der Waals surface area contributed by atoms with Crippen LogP contribution in [0, 0.1) is 0 Å². The van der Waals surface area contributed by atoms with E-state index in [9.17, 15) is 4.79 Å². The van der Waals surface area contributed by atoms with Gasteiger partial charge in [-0.1, -0.05) is 11.8 Å². The molecule has 1 aliphatic rings. The number of halogens is 1. The van der Waals surface area contributed by atoms with Crippen molar-refractivity contribution in [3.05, 3.63) is 12.3 Å². The number of nitrogens with one attached hydrogen (secondary N) is 1. The molecule has 46 valence electrons. The Bertz CT molecular complexity index is 115. The summed E-state index contributed by atoms with van der Waals surface area (Å²) >= 11 is 1.28. The third kappa shape index (κ3) is 2.23. The van der Waals surface area contributed by atoms with Gasteiger partial charge in [-0.3, -0.25) is 4.79 Å². The molecule has 0 saturated carbocycles. The second-order valence-electron chi connectivity index (χ2n) is 1.15. The second kappa shape index (κ2) is 3.80. The fourth-order valence-electron chi connectivity index (χ4n) is 0.336. The van der Waals surface area contributed by atoms with Gasteiger partial charge in [-0.25, -0.2) is 0 Å². The minimum atomic E-state index is 0. The maximum absolute atomic E-state index is 10.3. The zero-order valence-electron chi connectivity index (χ0n) is 4.09. The zero-order valence-corrected chi connectivity index (χ0v) is 5.72. The molecular weight excluding hydrogens is 146 g/mol. The molecule has 1 heterocycles. The number of hydrogen-bond acceptors (Lipinski definition) is 3. The molecule has 0 unspecified atom stereocenters. The van der Waals surface area contributed by atoms with E-state index in [2.05, 4.69) is 5.32 Å². The Morgan fingerprint density at radius 3 is 2.75 bits per heavy atom. The molecule has 0 bridgehead atoms. The summed E-state index contributed by atoms with van der Waals surface area (Å²) in [4.78, 5) is 10.3. The summed E-state index contributed by atoms with van der Waals surface area (Å²) < 4.78 is 0. The second-order valence-corrected chi connectivity index (χ2v) is 2.12. The molecule has 0 amide bonds. The van der Waals surface area contributed by atoms with E-state index in [-0.39, 0.29) is 17.5 Å². The van der Waals surface area contributed by atoms with Crippen LogP contribution in [0.4, 0.5) is 0 Å². The first-order chi connectivity index (χ1) is 3.39. The summed E-state index contributed by atoms with van der Waals surface area (Å²) in [7, 11) is 0. The summed E-state index contributed by atoms with van der Waals surface area (Å²) in [5.41, 5.74) is 0. The summed E-state index contributed by atoms with van der Waals surface area (Å²) in [5, 5.41) is 3.01. The van der Waals surface area contributed by atoms with Crippen molar-refractivity contribution in [2.75, 3.05) is 5.88 Å². The van der Waals surface area contributed by atoms with Crippen LogP contribution < -0.4 is 5.32 Å². The van der Waals surface area contributed by atoms with Gasteiger partial charge in [-0.15, -0.1) is 12.4 Å². The molecule has 8 heavy (non-hydrogen) atoms. The number of thioether (sulfide) groups is 1. The van der Waals surface area contributed by atoms with Gasteiger partial charge in [0.2, 0.25) is 5.12 Å². The van der Waals surface area contributed by atoms with Crippen LogP contribution in [-0.4, -0.2) is 11.0 Å². The Morgan fingerprint density at radius 2 is 2.50 bits per heavy atom. The summed E-state index contributed by atoms with van der Waals surface area (Å²) in [5.74, 6) is 0.718. The highest BCUT2D eigenvalue weighted by Gasteiger charge is 1.98. The third-order valence-corrected chi connectivity index (χ3v) is 1.37. The normalized spacial score (nSPS) is 16.8. The highest BCUT2D eigenvalue weighted by Crippen LogP contribution is 2.03. The van der Waals surface area contributed by atoms with Crippen molar-refractivity contribution in [2.24, 2.45) is 0 Å². The predicted octanol–water partition coefficient (Wildman–Crippen LogP) is 0.742. The summed E-state index contributed by atoms with van der Waals surface area (Å²) in [6, 6.07) is 0. The van der Waals surface area contributed by atoms with Crippen molar-refractivity contribution in [1.82, 2.24) is 5.32 Å². The first-order valence-corrected chi connectivity index (χ1v) is 2.95. The van der Waals surface area contributed by atoms with Gasteiger partial charge < -0.3 is 5.32 Å². The van der Waals surface area contributed by atoms with E-state index >= 15 is 0 Å². The maximum atomic E-state index is 10.3. The lowest BCUT2D eigenvalue weighted by Gasteiger charge is -2.00. The maximum Gasteiger partial charge on any atom is 0.215 e. The topological polar surface area (TPSA) is 29.1 Å². The molecular formula is C4H6ClNOS. The number of carbonyl (C=O) groups excluding carboxylic acids is 1. The molecule has 0 aliphatic carbocycles. The Labute approximate surface area is 58.1 Å². The van der Waals surface area contributed by atoms with Crippen molar-refractivity contribution in [3.63, 3.8) is 0 Å². The van der Waals surface area contributed by atoms with Crippen LogP contribution in [0.1, 0.15) is 0 Å². The highest BCUT2D eigenvalue weighted by molar-refractivity contribution is 8.14. The molecule has 1 rings (SSSR count). The van der Waals surface area contributed by atoms with E-state index in [1.165, 1.54) is 17.8 Å². The van der Waals surface area contributed by atoms with Gasteiger partial charge in [0.15, 0.2) is 0 Å². The van der Waals surface area contributed by atoms with Crippen LogP contribution in [0.5, 0.6) is 0 Å².